The standard InChI is InChI=1S/C13H20N4O2/c1-8-3-4-9(12(15)18)7-17(8)13-10(14)5-6-11(16-13)19-2/h5-6,8-9H,3-4,7,14H2,1-2H3,(H2,15,18). The molecule has 2 unspecified atom stereocenters. The van der Waals surface area contributed by atoms with Crippen LogP contribution >= 0.6 is 0 Å². The van der Waals surface area contributed by atoms with Gasteiger partial charge in [-0.1, -0.05) is 0 Å². The van der Waals surface area contributed by atoms with Gasteiger partial charge in [-0.3, -0.25) is 4.79 Å². The number of amides is 1. The lowest BCUT2D eigenvalue weighted by atomic mass is 9.93. The molecule has 0 bridgehead atoms. The lowest BCUT2D eigenvalue weighted by molar-refractivity contribution is -0.122. The maximum atomic E-state index is 11.4. The Bertz CT molecular complexity index is 478. The number of hydrogen-bond donors (Lipinski definition) is 2. The van der Waals surface area contributed by atoms with Crippen LogP contribution in [0.15, 0.2) is 12.1 Å². The molecule has 6 heteroatoms. The fourth-order valence-electron chi connectivity index (χ4n) is 2.42. The summed E-state index contributed by atoms with van der Waals surface area (Å²) in [4.78, 5) is 17.8. The molecule has 6 nitrogen and oxygen atoms in total. The zero-order valence-electron chi connectivity index (χ0n) is 11.3. The summed E-state index contributed by atoms with van der Waals surface area (Å²) in [5, 5.41) is 0. The third kappa shape index (κ3) is 2.72. The second-order valence-corrected chi connectivity index (χ2v) is 4.94. The van der Waals surface area contributed by atoms with Crippen LogP contribution in [0.5, 0.6) is 5.88 Å². The summed E-state index contributed by atoms with van der Waals surface area (Å²) in [6.07, 6.45) is 1.71. The van der Waals surface area contributed by atoms with Crippen molar-refractivity contribution in [2.75, 3.05) is 24.3 Å². The number of nitrogens with zero attached hydrogens (tertiary/aromatic N) is 2. The molecule has 1 aliphatic rings. The number of piperidine rings is 1. The molecular weight excluding hydrogens is 244 g/mol. The highest BCUT2D eigenvalue weighted by atomic mass is 16.5. The van der Waals surface area contributed by atoms with Gasteiger partial charge in [0.1, 0.15) is 0 Å². The molecule has 0 aliphatic carbocycles. The van der Waals surface area contributed by atoms with E-state index in [1.807, 2.05) is 4.90 Å². The Balaban J connectivity index is 2.30. The van der Waals surface area contributed by atoms with Gasteiger partial charge in [0.15, 0.2) is 5.82 Å². The molecule has 19 heavy (non-hydrogen) atoms. The first-order valence-electron chi connectivity index (χ1n) is 6.39. The van der Waals surface area contributed by atoms with Crippen LogP contribution < -0.4 is 21.1 Å². The Morgan fingerprint density at radius 1 is 1.47 bits per heavy atom. The molecule has 0 saturated carbocycles. The van der Waals surface area contributed by atoms with Gasteiger partial charge in [-0.2, -0.15) is 4.98 Å². The first-order chi connectivity index (χ1) is 9.02. The van der Waals surface area contributed by atoms with Gasteiger partial charge in [0, 0.05) is 18.7 Å². The van der Waals surface area contributed by atoms with Gasteiger partial charge in [-0.05, 0) is 25.8 Å². The zero-order valence-corrected chi connectivity index (χ0v) is 11.3. The number of methoxy groups -OCH3 is 1. The number of nitrogen functional groups attached to an aromatic ring is 1. The number of carbonyl (C=O) groups is 1. The third-order valence-electron chi connectivity index (χ3n) is 3.65. The monoisotopic (exact) mass is 264 g/mol. The van der Waals surface area contributed by atoms with Gasteiger partial charge in [0.05, 0.1) is 18.7 Å². The predicted octanol–water partition coefficient (Wildman–Crippen LogP) is 0.763. The van der Waals surface area contributed by atoms with Crippen LogP contribution in [0.25, 0.3) is 0 Å². The molecule has 1 fully saturated rings. The van der Waals surface area contributed by atoms with E-state index in [9.17, 15) is 4.79 Å². The molecular formula is C13H20N4O2. The minimum atomic E-state index is -0.265. The predicted molar refractivity (Wildman–Crippen MR) is 73.9 cm³/mol. The molecule has 1 aromatic heterocycles. The summed E-state index contributed by atoms with van der Waals surface area (Å²) in [6.45, 7) is 2.65. The molecule has 0 aromatic carbocycles. The van der Waals surface area contributed by atoms with E-state index in [-0.39, 0.29) is 17.9 Å². The van der Waals surface area contributed by atoms with Crippen LogP contribution in [0, 0.1) is 5.92 Å². The molecule has 2 rings (SSSR count). The molecule has 2 heterocycles. The Morgan fingerprint density at radius 3 is 2.84 bits per heavy atom. The van der Waals surface area contributed by atoms with E-state index in [2.05, 4.69) is 11.9 Å². The van der Waals surface area contributed by atoms with Crippen LogP contribution in [0.1, 0.15) is 19.8 Å². The Labute approximate surface area is 112 Å². The molecule has 4 N–H and O–H groups in total. The SMILES string of the molecule is COc1ccc(N)c(N2CC(C(N)=O)CCC2C)n1. The number of nitrogens with two attached hydrogens (primary N) is 2. The fourth-order valence-corrected chi connectivity index (χ4v) is 2.42. The van der Waals surface area contributed by atoms with Gasteiger partial charge < -0.3 is 21.1 Å². The highest BCUT2D eigenvalue weighted by Crippen LogP contribution is 2.31. The third-order valence-corrected chi connectivity index (χ3v) is 3.65. The number of ether oxygens (including phenoxy) is 1. The number of pyridine rings is 1. The lowest BCUT2D eigenvalue weighted by Gasteiger charge is -2.38. The number of primary amides is 1. The molecule has 0 radical (unpaired) electrons. The van der Waals surface area contributed by atoms with Crippen LogP contribution in [-0.4, -0.2) is 30.6 Å². The van der Waals surface area contributed by atoms with Gasteiger partial charge in [0.25, 0.3) is 0 Å². The van der Waals surface area contributed by atoms with Crippen LogP contribution in [0.2, 0.25) is 0 Å². The molecule has 1 saturated heterocycles. The van der Waals surface area contributed by atoms with Crippen molar-refractivity contribution < 1.29 is 9.53 Å². The van der Waals surface area contributed by atoms with E-state index in [0.29, 0.717) is 23.9 Å². The van der Waals surface area contributed by atoms with E-state index in [1.54, 1.807) is 19.2 Å². The minimum absolute atomic E-state index is 0.149. The molecule has 2 atom stereocenters. The van der Waals surface area contributed by atoms with E-state index in [4.69, 9.17) is 16.2 Å². The van der Waals surface area contributed by atoms with Crippen LogP contribution in [0.3, 0.4) is 0 Å². The minimum Gasteiger partial charge on any atom is -0.481 e. The summed E-state index contributed by atoms with van der Waals surface area (Å²) < 4.78 is 5.13. The van der Waals surface area contributed by atoms with E-state index < -0.39 is 0 Å². The maximum absolute atomic E-state index is 11.4. The Kier molecular flexibility index (Phi) is 3.78. The van der Waals surface area contributed by atoms with Crippen molar-refractivity contribution in [3.8, 4) is 5.88 Å². The maximum Gasteiger partial charge on any atom is 0.222 e. The van der Waals surface area contributed by atoms with E-state index in [1.165, 1.54) is 0 Å². The molecule has 0 spiro atoms. The first-order valence-corrected chi connectivity index (χ1v) is 6.39. The normalized spacial score (nSPS) is 23.2. The molecule has 1 aliphatic heterocycles. The highest BCUT2D eigenvalue weighted by molar-refractivity contribution is 5.78. The summed E-state index contributed by atoms with van der Waals surface area (Å²) in [6, 6.07) is 3.76. The second kappa shape index (κ2) is 5.34. The Hall–Kier alpha value is -1.98. The number of rotatable bonds is 3. The fraction of sp³-hybridized carbons (Fsp3) is 0.538. The average molecular weight is 264 g/mol. The van der Waals surface area contributed by atoms with Gasteiger partial charge in [-0.25, -0.2) is 0 Å². The lowest BCUT2D eigenvalue weighted by Crippen LogP contribution is -2.46. The number of hydrogen-bond acceptors (Lipinski definition) is 5. The topological polar surface area (TPSA) is 94.5 Å². The molecule has 104 valence electrons. The van der Waals surface area contributed by atoms with Crippen molar-refractivity contribution in [3.63, 3.8) is 0 Å². The van der Waals surface area contributed by atoms with Crippen molar-refractivity contribution >= 4 is 17.4 Å². The van der Waals surface area contributed by atoms with Gasteiger partial charge in [0.2, 0.25) is 11.8 Å². The number of anilines is 2. The van der Waals surface area contributed by atoms with E-state index >= 15 is 0 Å². The van der Waals surface area contributed by atoms with Crippen molar-refractivity contribution in [3.05, 3.63) is 12.1 Å². The summed E-state index contributed by atoms with van der Waals surface area (Å²) in [7, 11) is 1.56. The quantitative estimate of drug-likeness (QED) is 0.840. The summed E-state index contributed by atoms with van der Waals surface area (Å²) in [5.74, 6) is 0.761. The number of aromatic nitrogens is 1. The van der Waals surface area contributed by atoms with E-state index in [0.717, 1.165) is 12.8 Å². The second-order valence-electron chi connectivity index (χ2n) is 4.94. The smallest absolute Gasteiger partial charge is 0.222 e. The van der Waals surface area contributed by atoms with Crippen LogP contribution in [-0.2, 0) is 4.79 Å². The van der Waals surface area contributed by atoms with Crippen molar-refractivity contribution in [1.29, 1.82) is 0 Å². The first kappa shape index (κ1) is 13.5. The molecule has 1 amide bonds. The van der Waals surface area contributed by atoms with Crippen molar-refractivity contribution in [2.45, 2.75) is 25.8 Å². The zero-order chi connectivity index (χ0) is 14.0. The highest BCUT2D eigenvalue weighted by Gasteiger charge is 2.30. The number of carbonyl (C=O) groups excluding carboxylic acids is 1. The summed E-state index contributed by atoms with van der Waals surface area (Å²) in [5.41, 5.74) is 12.0. The van der Waals surface area contributed by atoms with Crippen LogP contribution in [0.4, 0.5) is 11.5 Å². The Morgan fingerprint density at radius 2 is 2.21 bits per heavy atom. The van der Waals surface area contributed by atoms with Gasteiger partial charge in [-0.15, -0.1) is 0 Å². The van der Waals surface area contributed by atoms with Crippen molar-refractivity contribution in [1.82, 2.24) is 4.98 Å². The average Bonchev–Trinajstić information content (AvgIpc) is 2.40. The summed E-state index contributed by atoms with van der Waals surface area (Å²) >= 11 is 0. The van der Waals surface area contributed by atoms with Crippen molar-refractivity contribution in [2.24, 2.45) is 11.7 Å². The van der Waals surface area contributed by atoms with Gasteiger partial charge >= 0.3 is 0 Å². The molecule has 1 aromatic rings. The largest absolute Gasteiger partial charge is 0.481 e.